The van der Waals surface area contributed by atoms with E-state index < -0.39 is 0 Å². The lowest BCUT2D eigenvalue weighted by Crippen LogP contribution is -2.02. The summed E-state index contributed by atoms with van der Waals surface area (Å²) in [5.41, 5.74) is 8.84. The third-order valence-corrected chi connectivity index (χ3v) is 4.55. The molecule has 102 valence electrons. The Hall–Kier alpha value is -1.66. The van der Waals surface area contributed by atoms with Gasteiger partial charge in [-0.2, -0.15) is 11.8 Å². The number of nitrogens with zero attached hydrogens (tertiary/aromatic N) is 2. The van der Waals surface area contributed by atoms with E-state index in [4.69, 9.17) is 26.8 Å². The molecule has 0 aliphatic carbocycles. The highest BCUT2D eigenvalue weighted by Crippen LogP contribution is 2.42. The highest BCUT2D eigenvalue weighted by Gasteiger charge is 2.22. The maximum atomic E-state index is 6.19. The van der Waals surface area contributed by atoms with Crippen LogP contribution in [0.2, 0.25) is 5.02 Å². The van der Waals surface area contributed by atoms with Crippen LogP contribution in [0.4, 0.5) is 5.82 Å². The summed E-state index contributed by atoms with van der Waals surface area (Å²) in [7, 11) is 0. The summed E-state index contributed by atoms with van der Waals surface area (Å²) in [6.07, 6.45) is 0. The Morgan fingerprint density at radius 1 is 1.20 bits per heavy atom. The van der Waals surface area contributed by atoms with Gasteiger partial charge in [-0.05, 0) is 12.1 Å². The number of ether oxygens (including phenoxy) is 2. The van der Waals surface area contributed by atoms with Crippen LogP contribution in [0.25, 0.3) is 11.4 Å². The van der Waals surface area contributed by atoms with E-state index in [0.29, 0.717) is 28.2 Å². The zero-order chi connectivity index (χ0) is 13.7. The molecule has 4 rings (SSSR count). The molecule has 0 fully saturated rings. The van der Waals surface area contributed by atoms with Gasteiger partial charge in [0.2, 0.25) is 6.79 Å². The molecule has 0 spiro atoms. The van der Waals surface area contributed by atoms with E-state index in [0.717, 1.165) is 28.3 Å². The quantitative estimate of drug-likeness (QED) is 0.873. The maximum absolute atomic E-state index is 6.19. The van der Waals surface area contributed by atoms with Gasteiger partial charge in [-0.3, -0.25) is 0 Å². The van der Waals surface area contributed by atoms with Crippen molar-refractivity contribution in [1.29, 1.82) is 0 Å². The summed E-state index contributed by atoms with van der Waals surface area (Å²) >= 11 is 7.98. The first-order valence-electron chi connectivity index (χ1n) is 6.05. The lowest BCUT2D eigenvalue weighted by atomic mass is 10.1. The Bertz CT molecular complexity index is 662. The highest BCUT2D eigenvalue weighted by atomic mass is 35.5. The molecule has 5 nitrogen and oxygen atoms in total. The monoisotopic (exact) mass is 307 g/mol. The predicted octanol–water partition coefficient (Wildman–Crippen LogP) is 2.85. The molecule has 0 amide bonds. The molecule has 0 unspecified atom stereocenters. The van der Waals surface area contributed by atoms with Crippen LogP contribution >= 0.6 is 23.4 Å². The zero-order valence-corrected chi connectivity index (χ0v) is 11.9. The maximum Gasteiger partial charge on any atom is 0.231 e. The predicted molar refractivity (Wildman–Crippen MR) is 78.0 cm³/mol. The first-order valence-corrected chi connectivity index (χ1v) is 7.58. The third-order valence-electron chi connectivity index (χ3n) is 3.30. The zero-order valence-electron chi connectivity index (χ0n) is 10.4. The number of thioether (sulfide) groups is 1. The molecule has 7 heteroatoms. The molecule has 0 saturated carbocycles. The fourth-order valence-corrected chi connectivity index (χ4v) is 3.62. The van der Waals surface area contributed by atoms with Crippen molar-refractivity contribution < 1.29 is 9.47 Å². The highest BCUT2D eigenvalue weighted by molar-refractivity contribution is 7.98. The normalized spacial score (nSPS) is 15.4. The number of nitrogen functional groups attached to an aromatic ring is 1. The number of nitrogens with two attached hydrogens (primary N) is 1. The van der Waals surface area contributed by atoms with E-state index in [1.54, 1.807) is 17.8 Å². The Morgan fingerprint density at radius 3 is 3.00 bits per heavy atom. The van der Waals surface area contributed by atoms with Gasteiger partial charge in [0.25, 0.3) is 0 Å². The fourth-order valence-electron chi connectivity index (χ4n) is 2.30. The van der Waals surface area contributed by atoms with E-state index >= 15 is 0 Å². The molecule has 0 saturated heterocycles. The number of halogens is 1. The molecule has 1 aromatic carbocycles. The molecular formula is C13H10ClN3O2S. The Balaban J connectivity index is 1.86. The standard InChI is InChI=1S/C13H10ClN3O2S/c14-8-1-6(2-10-11(8)19-5-18-10)13-16-9-4-20-3-7(9)12(15)17-13/h1-2H,3-5H2,(H2,15,16,17). The number of aromatic nitrogens is 2. The largest absolute Gasteiger partial charge is 0.454 e. The number of rotatable bonds is 1. The third kappa shape index (κ3) is 1.79. The molecule has 2 aliphatic rings. The Morgan fingerprint density at radius 2 is 2.10 bits per heavy atom. The van der Waals surface area contributed by atoms with Crippen molar-refractivity contribution in [2.75, 3.05) is 12.5 Å². The number of benzene rings is 1. The van der Waals surface area contributed by atoms with Gasteiger partial charge in [-0.1, -0.05) is 11.6 Å². The molecule has 1 aromatic heterocycles. The summed E-state index contributed by atoms with van der Waals surface area (Å²) in [6, 6.07) is 3.61. The minimum Gasteiger partial charge on any atom is -0.454 e. The molecule has 2 aromatic rings. The van der Waals surface area contributed by atoms with E-state index in [9.17, 15) is 0 Å². The van der Waals surface area contributed by atoms with E-state index in [1.165, 1.54) is 0 Å². The van der Waals surface area contributed by atoms with Crippen molar-refractivity contribution in [2.24, 2.45) is 0 Å². The van der Waals surface area contributed by atoms with Gasteiger partial charge in [0, 0.05) is 22.6 Å². The molecule has 0 radical (unpaired) electrons. The first-order chi connectivity index (χ1) is 9.72. The van der Waals surface area contributed by atoms with Crippen LogP contribution in [0.5, 0.6) is 11.5 Å². The van der Waals surface area contributed by atoms with Crippen molar-refractivity contribution in [3.05, 3.63) is 28.4 Å². The van der Waals surface area contributed by atoms with Crippen LogP contribution in [0.15, 0.2) is 12.1 Å². The average Bonchev–Trinajstić information content (AvgIpc) is 3.06. The van der Waals surface area contributed by atoms with Crippen LogP contribution < -0.4 is 15.2 Å². The number of anilines is 1. The second-order valence-electron chi connectivity index (χ2n) is 4.54. The minimum atomic E-state index is 0.183. The van der Waals surface area contributed by atoms with Gasteiger partial charge in [0.15, 0.2) is 17.3 Å². The van der Waals surface area contributed by atoms with Crippen LogP contribution in [0.1, 0.15) is 11.3 Å². The SMILES string of the molecule is Nc1nc(-c2cc(Cl)c3c(c2)OCO3)nc2c1CSC2. The fraction of sp³-hybridized carbons (Fsp3) is 0.231. The number of hydrogen-bond acceptors (Lipinski definition) is 6. The van der Waals surface area contributed by atoms with Crippen molar-refractivity contribution in [1.82, 2.24) is 9.97 Å². The van der Waals surface area contributed by atoms with E-state index in [-0.39, 0.29) is 6.79 Å². The van der Waals surface area contributed by atoms with Gasteiger partial charge < -0.3 is 15.2 Å². The van der Waals surface area contributed by atoms with Gasteiger partial charge in [-0.25, -0.2) is 9.97 Å². The number of fused-ring (bicyclic) bond motifs is 2. The number of hydrogen-bond donors (Lipinski definition) is 1. The summed E-state index contributed by atoms with van der Waals surface area (Å²) in [5.74, 6) is 4.05. The molecule has 0 bridgehead atoms. The summed E-state index contributed by atoms with van der Waals surface area (Å²) in [4.78, 5) is 8.96. The summed E-state index contributed by atoms with van der Waals surface area (Å²) < 4.78 is 10.7. The molecule has 0 atom stereocenters. The van der Waals surface area contributed by atoms with E-state index in [1.807, 2.05) is 6.07 Å². The lowest BCUT2D eigenvalue weighted by Gasteiger charge is -2.07. The molecule has 20 heavy (non-hydrogen) atoms. The van der Waals surface area contributed by atoms with Crippen LogP contribution in [0, 0.1) is 0 Å². The minimum absolute atomic E-state index is 0.183. The topological polar surface area (TPSA) is 70.3 Å². The van der Waals surface area contributed by atoms with Gasteiger partial charge in [0.05, 0.1) is 10.7 Å². The summed E-state index contributed by atoms with van der Waals surface area (Å²) in [5, 5.41) is 0.493. The molecule has 3 heterocycles. The molecular weight excluding hydrogens is 298 g/mol. The van der Waals surface area contributed by atoms with E-state index in [2.05, 4.69) is 9.97 Å². The molecule has 2 aliphatic heterocycles. The Labute approximate surface area is 124 Å². The molecule has 2 N–H and O–H groups in total. The van der Waals surface area contributed by atoms with Crippen molar-refractivity contribution in [3.63, 3.8) is 0 Å². The van der Waals surface area contributed by atoms with Crippen molar-refractivity contribution >= 4 is 29.2 Å². The van der Waals surface area contributed by atoms with Crippen LogP contribution in [-0.2, 0) is 11.5 Å². The van der Waals surface area contributed by atoms with Gasteiger partial charge >= 0.3 is 0 Å². The summed E-state index contributed by atoms with van der Waals surface area (Å²) in [6.45, 7) is 0.183. The Kier molecular flexibility index (Phi) is 2.68. The first kappa shape index (κ1) is 12.1. The van der Waals surface area contributed by atoms with Crippen LogP contribution in [0.3, 0.4) is 0 Å². The van der Waals surface area contributed by atoms with Crippen LogP contribution in [-0.4, -0.2) is 16.8 Å². The smallest absolute Gasteiger partial charge is 0.231 e. The van der Waals surface area contributed by atoms with Gasteiger partial charge in [-0.15, -0.1) is 0 Å². The van der Waals surface area contributed by atoms with Gasteiger partial charge in [0.1, 0.15) is 5.82 Å². The van der Waals surface area contributed by atoms with Crippen molar-refractivity contribution in [2.45, 2.75) is 11.5 Å². The average molecular weight is 308 g/mol. The second kappa shape index (κ2) is 4.43. The van der Waals surface area contributed by atoms with Crippen molar-refractivity contribution in [3.8, 4) is 22.9 Å². The lowest BCUT2D eigenvalue weighted by molar-refractivity contribution is 0.174. The second-order valence-corrected chi connectivity index (χ2v) is 5.94.